The fourth-order valence-corrected chi connectivity index (χ4v) is 2.46. The summed E-state index contributed by atoms with van der Waals surface area (Å²) in [6.07, 6.45) is 12.0. The predicted molar refractivity (Wildman–Crippen MR) is 88.5 cm³/mol. The number of ether oxygens (including phenoxy) is 1. The molecule has 4 nitrogen and oxygen atoms in total. The molecule has 0 N–H and O–H groups in total. The first kappa shape index (κ1) is 18.9. The fraction of sp³-hybridized carbons (Fsp3) is 0.778. The summed E-state index contributed by atoms with van der Waals surface area (Å²) in [6.45, 7) is 7.69. The lowest BCUT2D eigenvalue weighted by Gasteiger charge is -2.19. The number of hydrogen-bond acceptors (Lipinski definition) is 3. The molecule has 0 aromatic carbocycles. The van der Waals surface area contributed by atoms with Gasteiger partial charge in [-0.1, -0.05) is 38.5 Å². The average molecular weight is 309 g/mol. The van der Waals surface area contributed by atoms with Gasteiger partial charge in [-0.2, -0.15) is 0 Å². The van der Waals surface area contributed by atoms with Crippen molar-refractivity contribution in [1.82, 2.24) is 4.90 Å². The minimum absolute atomic E-state index is 0.0202. The van der Waals surface area contributed by atoms with Crippen molar-refractivity contribution in [2.45, 2.75) is 77.7 Å². The molecule has 126 valence electrons. The second-order valence-electron chi connectivity index (χ2n) is 6.95. The molecule has 0 atom stereocenters. The van der Waals surface area contributed by atoms with Gasteiger partial charge in [0.05, 0.1) is 5.60 Å². The lowest BCUT2D eigenvalue weighted by molar-refractivity contribution is -0.136. The first-order valence-corrected chi connectivity index (χ1v) is 8.58. The summed E-state index contributed by atoms with van der Waals surface area (Å²) in [7, 11) is 0. The molecule has 1 aliphatic rings. The van der Waals surface area contributed by atoms with Crippen molar-refractivity contribution in [3.8, 4) is 0 Å². The van der Waals surface area contributed by atoms with Crippen LogP contribution in [-0.2, 0) is 14.3 Å². The number of nitrogens with zero attached hydrogens (tertiary/aromatic N) is 1. The van der Waals surface area contributed by atoms with Gasteiger partial charge in [-0.15, -0.1) is 0 Å². The van der Waals surface area contributed by atoms with E-state index in [9.17, 15) is 9.59 Å². The predicted octanol–water partition coefficient (Wildman–Crippen LogP) is 3.85. The maximum atomic E-state index is 11.3. The largest absolute Gasteiger partial charge is 0.376 e. The van der Waals surface area contributed by atoms with E-state index in [0.29, 0.717) is 6.54 Å². The molecule has 0 aromatic rings. The molecule has 0 saturated carbocycles. The number of rotatable bonds is 11. The van der Waals surface area contributed by atoms with Gasteiger partial charge in [0.2, 0.25) is 0 Å². The average Bonchev–Trinajstić information content (AvgIpc) is 2.75. The molecule has 0 radical (unpaired) electrons. The zero-order valence-corrected chi connectivity index (χ0v) is 14.4. The summed E-state index contributed by atoms with van der Waals surface area (Å²) < 4.78 is 5.69. The third-order valence-electron chi connectivity index (χ3n) is 3.71. The number of amides is 2. The highest BCUT2D eigenvalue weighted by Gasteiger charge is 2.21. The van der Waals surface area contributed by atoms with E-state index in [4.69, 9.17) is 4.74 Å². The summed E-state index contributed by atoms with van der Waals surface area (Å²) in [5.74, 6) is -0.329. The Kier molecular flexibility index (Phi) is 8.39. The molecule has 0 fully saturated rings. The van der Waals surface area contributed by atoms with Gasteiger partial charge in [-0.3, -0.25) is 14.5 Å². The zero-order valence-electron chi connectivity index (χ0n) is 14.4. The molecule has 0 aliphatic carbocycles. The van der Waals surface area contributed by atoms with E-state index in [-0.39, 0.29) is 17.4 Å². The molecule has 1 heterocycles. The molecular weight excluding hydrogens is 278 g/mol. The summed E-state index contributed by atoms with van der Waals surface area (Å²) in [5, 5.41) is 0. The topological polar surface area (TPSA) is 46.6 Å². The van der Waals surface area contributed by atoms with E-state index in [1.165, 1.54) is 49.2 Å². The van der Waals surface area contributed by atoms with Gasteiger partial charge in [-0.25, -0.2) is 0 Å². The molecule has 1 rings (SSSR count). The zero-order chi connectivity index (χ0) is 16.4. The Bertz CT molecular complexity index is 364. The van der Waals surface area contributed by atoms with Crippen LogP contribution in [0.4, 0.5) is 0 Å². The number of carbonyl (C=O) groups is 2. The minimum Gasteiger partial charge on any atom is -0.376 e. The second-order valence-corrected chi connectivity index (χ2v) is 6.95. The maximum absolute atomic E-state index is 11.3. The van der Waals surface area contributed by atoms with E-state index >= 15 is 0 Å². The molecule has 0 saturated heterocycles. The van der Waals surface area contributed by atoms with E-state index in [2.05, 4.69) is 20.8 Å². The molecular formula is C18H31NO3. The molecule has 4 heteroatoms. The Labute approximate surface area is 134 Å². The van der Waals surface area contributed by atoms with Crippen LogP contribution in [0.3, 0.4) is 0 Å². The van der Waals surface area contributed by atoms with Crippen LogP contribution in [0.15, 0.2) is 12.2 Å². The highest BCUT2D eigenvalue weighted by Crippen LogP contribution is 2.12. The quantitative estimate of drug-likeness (QED) is 0.430. The lowest BCUT2D eigenvalue weighted by Crippen LogP contribution is -2.30. The van der Waals surface area contributed by atoms with Crippen LogP contribution >= 0.6 is 0 Å². The lowest BCUT2D eigenvalue weighted by atomic mass is 10.1. The normalized spacial score (nSPS) is 15.1. The molecule has 0 bridgehead atoms. The van der Waals surface area contributed by atoms with Crippen molar-refractivity contribution in [3.05, 3.63) is 12.2 Å². The van der Waals surface area contributed by atoms with Crippen molar-refractivity contribution in [3.63, 3.8) is 0 Å². The number of imide groups is 1. The van der Waals surface area contributed by atoms with Crippen LogP contribution in [0.1, 0.15) is 72.1 Å². The van der Waals surface area contributed by atoms with Crippen molar-refractivity contribution >= 4 is 11.8 Å². The number of hydrogen-bond donors (Lipinski definition) is 0. The molecule has 0 spiro atoms. The highest BCUT2D eigenvalue weighted by atomic mass is 16.5. The Morgan fingerprint density at radius 2 is 1.27 bits per heavy atom. The molecule has 1 aliphatic heterocycles. The van der Waals surface area contributed by atoms with Crippen LogP contribution in [0.25, 0.3) is 0 Å². The summed E-state index contributed by atoms with van der Waals surface area (Å²) >= 11 is 0. The molecule has 0 unspecified atom stereocenters. The van der Waals surface area contributed by atoms with Gasteiger partial charge in [0, 0.05) is 25.3 Å². The molecule has 0 aromatic heterocycles. The summed E-state index contributed by atoms with van der Waals surface area (Å²) in [4.78, 5) is 24.0. The van der Waals surface area contributed by atoms with Crippen molar-refractivity contribution in [2.75, 3.05) is 13.2 Å². The SMILES string of the molecule is CC(C)(C)OCCCCCCCCCCN1C(=O)C=CC1=O. The van der Waals surface area contributed by atoms with Gasteiger partial charge in [-0.05, 0) is 33.6 Å². The van der Waals surface area contributed by atoms with Gasteiger partial charge < -0.3 is 4.74 Å². The van der Waals surface area contributed by atoms with Crippen molar-refractivity contribution < 1.29 is 14.3 Å². The van der Waals surface area contributed by atoms with Crippen molar-refractivity contribution in [2.24, 2.45) is 0 Å². The number of carbonyl (C=O) groups excluding carboxylic acids is 2. The van der Waals surface area contributed by atoms with Gasteiger partial charge in [0.15, 0.2) is 0 Å². The standard InChI is InChI=1S/C18H31NO3/c1-18(2,3)22-15-11-9-7-5-4-6-8-10-14-19-16(20)12-13-17(19)21/h12-13H,4-11,14-15H2,1-3H3. The van der Waals surface area contributed by atoms with E-state index in [0.717, 1.165) is 25.9 Å². The van der Waals surface area contributed by atoms with Crippen molar-refractivity contribution in [1.29, 1.82) is 0 Å². The first-order valence-electron chi connectivity index (χ1n) is 8.58. The second kappa shape index (κ2) is 9.78. The van der Waals surface area contributed by atoms with Gasteiger partial charge in [0.1, 0.15) is 0 Å². The molecule has 22 heavy (non-hydrogen) atoms. The van der Waals surface area contributed by atoms with Crippen LogP contribution in [-0.4, -0.2) is 35.5 Å². The molecule has 2 amide bonds. The fourth-order valence-electron chi connectivity index (χ4n) is 2.46. The third-order valence-corrected chi connectivity index (χ3v) is 3.71. The van der Waals surface area contributed by atoms with Crippen LogP contribution in [0.2, 0.25) is 0 Å². The van der Waals surface area contributed by atoms with Crippen LogP contribution in [0.5, 0.6) is 0 Å². The van der Waals surface area contributed by atoms with E-state index < -0.39 is 0 Å². The highest BCUT2D eigenvalue weighted by molar-refractivity contribution is 6.12. The van der Waals surface area contributed by atoms with E-state index in [1.807, 2.05) is 0 Å². The first-order chi connectivity index (χ1) is 10.4. The van der Waals surface area contributed by atoms with Gasteiger partial charge in [0.25, 0.3) is 11.8 Å². The third kappa shape index (κ3) is 8.32. The minimum atomic E-state index is -0.164. The Hall–Kier alpha value is -1.16. The smallest absolute Gasteiger partial charge is 0.253 e. The monoisotopic (exact) mass is 309 g/mol. The maximum Gasteiger partial charge on any atom is 0.253 e. The number of unbranched alkanes of at least 4 members (excludes halogenated alkanes) is 7. The van der Waals surface area contributed by atoms with E-state index in [1.54, 1.807) is 0 Å². The van der Waals surface area contributed by atoms with Crippen LogP contribution in [0, 0.1) is 0 Å². The summed E-state index contributed by atoms with van der Waals surface area (Å²) in [6, 6.07) is 0. The Morgan fingerprint density at radius 3 is 1.77 bits per heavy atom. The summed E-state index contributed by atoms with van der Waals surface area (Å²) in [5.41, 5.74) is -0.0202. The van der Waals surface area contributed by atoms with Crippen LogP contribution < -0.4 is 0 Å². The Morgan fingerprint density at radius 1 is 0.818 bits per heavy atom. The van der Waals surface area contributed by atoms with Gasteiger partial charge >= 0.3 is 0 Å². The Balaban J connectivity index is 1.84.